The van der Waals surface area contributed by atoms with Gasteiger partial charge in [-0.15, -0.1) is 0 Å². The van der Waals surface area contributed by atoms with E-state index in [0.717, 1.165) is 24.2 Å². The molecule has 1 amide bonds. The first-order valence-electron chi connectivity index (χ1n) is 6.28. The van der Waals surface area contributed by atoms with Crippen LogP contribution >= 0.6 is 0 Å². The molecule has 0 aliphatic carbocycles. The van der Waals surface area contributed by atoms with Crippen LogP contribution in [0.15, 0.2) is 24.3 Å². The summed E-state index contributed by atoms with van der Waals surface area (Å²) in [5.41, 5.74) is 7.48. The number of carbonyl (C=O) groups excluding carboxylic acids is 1. The second-order valence-electron chi connectivity index (χ2n) is 4.25. The van der Waals surface area contributed by atoms with Crippen LogP contribution in [0.4, 0.5) is 5.69 Å². The zero-order valence-corrected chi connectivity index (χ0v) is 11.2. The highest BCUT2D eigenvalue weighted by Gasteiger charge is 2.11. The number of rotatable bonds is 7. The summed E-state index contributed by atoms with van der Waals surface area (Å²) < 4.78 is 4.95. The van der Waals surface area contributed by atoms with Crippen LogP contribution in [-0.2, 0) is 16.1 Å². The molecule has 0 bridgehead atoms. The van der Waals surface area contributed by atoms with Crippen LogP contribution in [0.2, 0.25) is 0 Å². The third-order valence-electron chi connectivity index (χ3n) is 2.83. The van der Waals surface area contributed by atoms with E-state index in [-0.39, 0.29) is 5.91 Å². The Labute approximate surface area is 109 Å². The summed E-state index contributed by atoms with van der Waals surface area (Å²) in [6.07, 6.45) is 1.31. The molecule has 0 saturated heterocycles. The third kappa shape index (κ3) is 4.75. The van der Waals surface area contributed by atoms with E-state index < -0.39 is 0 Å². The highest BCUT2D eigenvalue weighted by atomic mass is 16.5. The fourth-order valence-electron chi connectivity index (χ4n) is 1.75. The van der Waals surface area contributed by atoms with Crippen molar-refractivity contribution in [2.24, 2.45) is 0 Å². The Morgan fingerprint density at radius 3 is 2.56 bits per heavy atom. The highest BCUT2D eigenvalue weighted by molar-refractivity contribution is 5.76. The maximum Gasteiger partial charge on any atom is 0.222 e. The lowest BCUT2D eigenvalue weighted by Crippen LogP contribution is -2.30. The molecule has 0 aliphatic heterocycles. The summed E-state index contributed by atoms with van der Waals surface area (Å²) in [4.78, 5) is 13.8. The van der Waals surface area contributed by atoms with Gasteiger partial charge in [0, 0.05) is 38.9 Å². The summed E-state index contributed by atoms with van der Waals surface area (Å²) in [6.45, 7) is 3.98. The van der Waals surface area contributed by atoms with Gasteiger partial charge in [-0.25, -0.2) is 0 Å². The number of benzene rings is 1. The molecular formula is C14H22N2O2. The van der Waals surface area contributed by atoms with Gasteiger partial charge >= 0.3 is 0 Å². The predicted molar refractivity (Wildman–Crippen MR) is 73.1 cm³/mol. The molecule has 0 aliphatic rings. The molecule has 0 radical (unpaired) electrons. The number of amides is 1. The number of nitrogens with two attached hydrogens (primary N) is 1. The van der Waals surface area contributed by atoms with Gasteiger partial charge in [0.2, 0.25) is 5.91 Å². The Morgan fingerprint density at radius 2 is 2.00 bits per heavy atom. The minimum atomic E-state index is 0.173. The molecule has 0 atom stereocenters. The summed E-state index contributed by atoms with van der Waals surface area (Å²) in [5, 5.41) is 0. The Balaban J connectivity index is 2.50. The Bertz CT molecular complexity index is 363. The monoisotopic (exact) mass is 250 g/mol. The Morgan fingerprint density at radius 1 is 1.33 bits per heavy atom. The average molecular weight is 250 g/mol. The molecule has 0 saturated carbocycles. The second kappa shape index (κ2) is 7.71. The molecule has 100 valence electrons. The minimum absolute atomic E-state index is 0.173. The van der Waals surface area contributed by atoms with Crippen molar-refractivity contribution in [2.75, 3.05) is 26.0 Å². The van der Waals surface area contributed by atoms with Gasteiger partial charge in [0.15, 0.2) is 0 Å². The number of carbonyl (C=O) groups is 1. The molecule has 0 spiro atoms. The van der Waals surface area contributed by atoms with E-state index in [0.29, 0.717) is 19.6 Å². The lowest BCUT2D eigenvalue weighted by molar-refractivity contribution is -0.131. The molecule has 2 N–H and O–H groups in total. The van der Waals surface area contributed by atoms with Crippen molar-refractivity contribution in [3.05, 3.63) is 29.8 Å². The summed E-state index contributed by atoms with van der Waals surface area (Å²) in [7, 11) is 1.65. The lowest BCUT2D eigenvalue weighted by atomic mass is 10.2. The number of anilines is 1. The zero-order chi connectivity index (χ0) is 13.4. The average Bonchev–Trinajstić information content (AvgIpc) is 2.38. The van der Waals surface area contributed by atoms with Crippen LogP contribution in [-0.4, -0.2) is 31.1 Å². The minimum Gasteiger partial charge on any atom is -0.399 e. The zero-order valence-electron chi connectivity index (χ0n) is 11.2. The van der Waals surface area contributed by atoms with Crippen LogP contribution in [0.25, 0.3) is 0 Å². The van der Waals surface area contributed by atoms with Crippen molar-refractivity contribution >= 4 is 11.6 Å². The highest BCUT2D eigenvalue weighted by Crippen LogP contribution is 2.10. The number of nitrogens with zero attached hydrogens (tertiary/aromatic N) is 1. The van der Waals surface area contributed by atoms with Gasteiger partial charge in [-0.1, -0.05) is 12.1 Å². The van der Waals surface area contributed by atoms with E-state index >= 15 is 0 Å². The molecule has 1 aromatic rings. The van der Waals surface area contributed by atoms with Gasteiger partial charge in [0.1, 0.15) is 0 Å². The van der Waals surface area contributed by atoms with Crippen molar-refractivity contribution in [3.8, 4) is 0 Å². The quantitative estimate of drug-likeness (QED) is 0.595. The first-order chi connectivity index (χ1) is 8.67. The smallest absolute Gasteiger partial charge is 0.222 e. The molecule has 4 heteroatoms. The topological polar surface area (TPSA) is 55.6 Å². The van der Waals surface area contributed by atoms with Gasteiger partial charge in [0.25, 0.3) is 0 Å². The normalized spacial score (nSPS) is 10.3. The van der Waals surface area contributed by atoms with E-state index in [1.54, 1.807) is 7.11 Å². The van der Waals surface area contributed by atoms with Crippen molar-refractivity contribution in [1.29, 1.82) is 0 Å². The molecule has 0 heterocycles. The SMILES string of the molecule is CCN(Cc1ccc(N)cc1)C(=O)CCCOC. The maximum atomic E-state index is 12.0. The van der Waals surface area contributed by atoms with Gasteiger partial charge in [-0.3, -0.25) is 4.79 Å². The number of ether oxygens (including phenoxy) is 1. The lowest BCUT2D eigenvalue weighted by Gasteiger charge is -2.21. The van der Waals surface area contributed by atoms with Crippen molar-refractivity contribution in [2.45, 2.75) is 26.3 Å². The largest absolute Gasteiger partial charge is 0.399 e. The summed E-state index contributed by atoms with van der Waals surface area (Å²) in [6, 6.07) is 7.64. The van der Waals surface area contributed by atoms with E-state index in [2.05, 4.69) is 0 Å². The Hall–Kier alpha value is -1.55. The fourth-order valence-corrected chi connectivity index (χ4v) is 1.75. The first-order valence-corrected chi connectivity index (χ1v) is 6.28. The molecular weight excluding hydrogens is 228 g/mol. The van der Waals surface area contributed by atoms with Gasteiger partial charge in [0.05, 0.1) is 0 Å². The van der Waals surface area contributed by atoms with E-state index in [4.69, 9.17) is 10.5 Å². The van der Waals surface area contributed by atoms with Crippen LogP contribution in [0.1, 0.15) is 25.3 Å². The Kier molecular flexibility index (Phi) is 6.22. The van der Waals surface area contributed by atoms with Gasteiger partial charge < -0.3 is 15.4 Å². The van der Waals surface area contributed by atoms with E-state index in [9.17, 15) is 4.79 Å². The van der Waals surface area contributed by atoms with Crippen LogP contribution < -0.4 is 5.73 Å². The van der Waals surface area contributed by atoms with Gasteiger partial charge in [-0.05, 0) is 31.0 Å². The second-order valence-corrected chi connectivity index (χ2v) is 4.25. The maximum absolute atomic E-state index is 12.0. The van der Waals surface area contributed by atoms with E-state index in [1.807, 2.05) is 36.1 Å². The molecule has 1 rings (SSSR count). The molecule has 0 aromatic heterocycles. The molecule has 4 nitrogen and oxygen atoms in total. The number of nitrogen functional groups attached to an aromatic ring is 1. The number of methoxy groups -OCH3 is 1. The van der Waals surface area contributed by atoms with Crippen LogP contribution in [0.3, 0.4) is 0 Å². The van der Waals surface area contributed by atoms with Crippen molar-refractivity contribution < 1.29 is 9.53 Å². The summed E-state index contributed by atoms with van der Waals surface area (Å²) >= 11 is 0. The van der Waals surface area contributed by atoms with Crippen LogP contribution in [0, 0.1) is 0 Å². The summed E-state index contributed by atoms with van der Waals surface area (Å²) in [5.74, 6) is 0.173. The fraction of sp³-hybridized carbons (Fsp3) is 0.500. The molecule has 0 unspecified atom stereocenters. The number of hydrogen-bond donors (Lipinski definition) is 1. The van der Waals surface area contributed by atoms with Crippen LogP contribution in [0.5, 0.6) is 0 Å². The first kappa shape index (κ1) is 14.5. The van der Waals surface area contributed by atoms with Crippen molar-refractivity contribution in [1.82, 2.24) is 4.90 Å². The third-order valence-corrected chi connectivity index (χ3v) is 2.83. The standard InChI is InChI=1S/C14H22N2O2/c1-3-16(14(17)5-4-10-18-2)11-12-6-8-13(15)9-7-12/h6-9H,3-5,10-11,15H2,1-2H3. The van der Waals surface area contributed by atoms with Crippen molar-refractivity contribution in [3.63, 3.8) is 0 Å². The molecule has 0 fully saturated rings. The number of hydrogen-bond acceptors (Lipinski definition) is 3. The van der Waals surface area contributed by atoms with E-state index in [1.165, 1.54) is 0 Å². The molecule has 1 aromatic carbocycles. The predicted octanol–water partition coefficient (Wildman–Crippen LogP) is 2.04. The van der Waals surface area contributed by atoms with Gasteiger partial charge in [-0.2, -0.15) is 0 Å². The molecule has 18 heavy (non-hydrogen) atoms.